The lowest BCUT2D eigenvalue weighted by Crippen LogP contribution is -2.25. The fraction of sp³-hybridized carbons (Fsp3) is 0.895. The number of esters is 2. The summed E-state index contributed by atoms with van der Waals surface area (Å²) in [6.07, 6.45) is 10.5. The van der Waals surface area contributed by atoms with Crippen LogP contribution >= 0.6 is 0 Å². The molecule has 0 saturated heterocycles. The molecule has 0 amide bonds. The van der Waals surface area contributed by atoms with E-state index in [1.807, 2.05) is 0 Å². The van der Waals surface area contributed by atoms with Gasteiger partial charge in [-0.1, -0.05) is 65.2 Å². The van der Waals surface area contributed by atoms with Crippen molar-refractivity contribution in [1.82, 2.24) is 0 Å². The Balaban J connectivity index is 3.51. The van der Waals surface area contributed by atoms with Gasteiger partial charge in [-0.25, -0.2) is 0 Å². The van der Waals surface area contributed by atoms with Crippen molar-refractivity contribution >= 4 is 11.9 Å². The Morgan fingerprint density at radius 2 is 1.08 bits per heavy atom. The third-order valence-corrected chi connectivity index (χ3v) is 3.84. The van der Waals surface area contributed by atoms with Crippen LogP contribution in [0.3, 0.4) is 0 Å². The van der Waals surface area contributed by atoms with Gasteiger partial charge in [-0.2, -0.15) is 0 Å². The van der Waals surface area contributed by atoms with Crippen LogP contribution in [-0.4, -0.2) is 36.4 Å². The fourth-order valence-corrected chi connectivity index (χ4v) is 2.32. The van der Waals surface area contributed by atoms with Crippen LogP contribution in [0.2, 0.25) is 0 Å². The molecule has 0 spiro atoms. The number of ether oxygens (including phenoxy) is 2. The van der Waals surface area contributed by atoms with Crippen molar-refractivity contribution in [3.63, 3.8) is 0 Å². The van der Waals surface area contributed by atoms with Crippen molar-refractivity contribution in [3.05, 3.63) is 0 Å². The molecule has 0 saturated carbocycles. The maximum atomic E-state index is 11.5. The van der Waals surface area contributed by atoms with Gasteiger partial charge in [0, 0.05) is 12.8 Å². The van der Waals surface area contributed by atoms with Gasteiger partial charge >= 0.3 is 11.9 Å². The van der Waals surface area contributed by atoms with Crippen LogP contribution in [0, 0.1) is 0 Å². The second kappa shape index (κ2) is 16.7. The minimum absolute atomic E-state index is 0.114. The highest BCUT2D eigenvalue weighted by atomic mass is 16.6. The van der Waals surface area contributed by atoms with E-state index in [2.05, 4.69) is 13.8 Å². The summed E-state index contributed by atoms with van der Waals surface area (Å²) in [4.78, 5) is 23.0. The van der Waals surface area contributed by atoms with Crippen LogP contribution < -0.4 is 0 Å². The molecule has 0 heterocycles. The molecule has 0 fully saturated rings. The van der Waals surface area contributed by atoms with Crippen molar-refractivity contribution < 1.29 is 24.2 Å². The second-order valence-electron chi connectivity index (χ2n) is 6.35. The zero-order chi connectivity index (χ0) is 18.0. The standard InChI is InChI=1S/C19H36O5/c1-3-5-7-9-11-13-18(21)23-15-17(20)16-24-19(22)14-12-10-8-6-4-2/h17,20H,3-16H2,1-2H3. The monoisotopic (exact) mass is 344 g/mol. The molecule has 0 aromatic rings. The molecule has 5 heteroatoms. The number of unbranched alkanes of at least 4 members (excludes halogenated alkanes) is 8. The molecule has 0 rings (SSSR count). The predicted octanol–water partition coefficient (Wildman–Crippen LogP) is 4.15. The Labute approximate surface area is 147 Å². The van der Waals surface area contributed by atoms with Crippen LogP contribution in [-0.2, 0) is 19.1 Å². The zero-order valence-corrected chi connectivity index (χ0v) is 15.6. The molecule has 0 aromatic carbocycles. The largest absolute Gasteiger partial charge is 0.463 e. The average Bonchev–Trinajstić information content (AvgIpc) is 2.57. The zero-order valence-electron chi connectivity index (χ0n) is 15.6. The first-order valence-corrected chi connectivity index (χ1v) is 9.59. The summed E-state index contributed by atoms with van der Waals surface area (Å²) in [6, 6.07) is 0. The van der Waals surface area contributed by atoms with E-state index >= 15 is 0 Å². The lowest BCUT2D eigenvalue weighted by molar-refractivity contribution is -0.152. The predicted molar refractivity (Wildman–Crippen MR) is 94.7 cm³/mol. The lowest BCUT2D eigenvalue weighted by Gasteiger charge is -2.12. The van der Waals surface area contributed by atoms with Crippen LogP contribution in [0.1, 0.15) is 90.9 Å². The van der Waals surface area contributed by atoms with Gasteiger partial charge in [0.15, 0.2) is 0 Å². The smallest absolute Gasteiger partial charge is 0.305 e. The summed E-state index contributed by atoms with van der Waals surface area (Å²) in [5, 5.41) is 9.68. The van der Waals surface area contributed by atoms with E-state index in [0.717, 1.165) is 38.5 Å². The Kier molecular flexibility index (Phi) is 16.0. The van der Waals surface area contributed by atoms with E-state index in [-0.39, 0.29) is 25.2 Å². The average molecular weight is 344 g/mol. The number of aliphatic hydroxyl groups is 1. The highest BCUT2D eigenvalue weighted by Crippen LogP contribution is 2.07. The van der Waals surface area contributed by atoms with Crippen LogP contribution in [0.5, 0.6) is 0 Å². The first-order chi connectivity index (χ1) is 11.6. The molecule has 1 N–H and O–H groups in total. The number of carbonyl (C=O) groups excluding carboxylic acids is 2. The highest BCUT2D eigenvalue weighted by Gasteiger charge is 2.11. The number of hydrogen-bond acceptors (Lipinski definition) is 5. The Bertz CT molecular complexity index is 287. The molecule has 0 aliphatic rings. The minimum atomic E-state index is -0.946. The molecule has 0 unspecified atom stereocenters. The number of aliphatic hydroxyl groups excluding tert-OH is 1. The van der Waals surface area contributed by atoms with Gasteiger partial charge in [-0.15, -0.1) is 0 Å². The van der Waals surface area contributed by atoms with E-state index in [9.17, 15) is 14.7 Å². The van der Waals surface area contributed by atoms with Crippen LogP contribution in [0.25, 0.3) is 0 Å². The molecular weight excluding hydrogens is 308 g/mol. The van der Waals surface area contributed by atoms with Gasteiger partial charge in [0.1, 0.15) is 19.3 Å². The Morgan fingerprint density at radius 3 is 1.46 bits per heavy atom. The summed E-state index contributed by atoms with van der Waals surface area (Å²) in [5.41, 5.74) is 0. The minimum Gasteiger partial charge on any atom is -0.463 e. The summed E-state index contributed by atoms with van der Waals surface area (Å²) in [6.45, 7) is 4.07. The number of rotatable bonds is 16. The quantitative estimate of drug-likeness (QED) is 0.336. The number of hydrogen-bond donors (Lipinski definition) is 1. The summed E-state index contributed by atoms with van der Waals surface area (Å²) >= 11 is 0. The first-order valence-electron chi connectivity index (χ1n) is 9.59. The van der Waals surface area contributed by atoms with Gasteiger partial charge in [0.05, 0.1) is 0 Å². The normalized spacial score (nSPS) is 10.8. The van der Waals surface area contributed by atoms with Crippen molar-refractivity contribution in [2.75, 3.05) is 13.2 Å². The van der Waals surface area contributed by atoms with Gasteiger partial charge in [0.2, 0.25) is 0 Å². The second-order valence-corrected chi connectivity index (χ2v) is 6.35. The van der Waals surface area contributed by atoms with Gasteiger partial charge in [-0.3, -0.25) is 9.59 Å². The molecule has 5 nitrogen and oxygen atoms in total. The molecule has 0 aliphatic heterocycles. The van der Waals surface area contributed by atoms with E-state index < -0.39 is 6.10 Å². The molecule has 142 valence electrons. The molecule has 24 heavy (non-hydrogen) atoms. The third kappa shape index (κ3) is 15.8. The maximum Gasteiger partial charge on any atom is 0.305 e. The lowest BCUT2D eigenvalue weighted by atomic mass is 10.1. The summed E-state index contributed by atoms with van der Waals surface area (Å²) in [5.74, 6) is -0.597. The molecular formula is C19H36O5. The molecule has 0 radical (unpaired) electrons. The third-order valence-electron chi connectivity index (χ3n) is 3.84. The van der Waals surface area contributed by atoms with Crippen molar-refractivity contribution in [2.24, 2.45) is 0 Å². The summed E-state index contributed by atoms with van der Waals surface area (Å²) < 4.78 is 9.98. The summed E-state index contributed by atoms with van der Waals surface area (Å²) in [7, 11) is 0. The van der Waals surface area contributed by atoms with E-state index in [1.54, 1.807) is 0 Å². The molecule has 0 bridgehead atoms. The Hall–Kier alpha value is -1.10. The number of carbonyl (C=O) groups is 2. The van der Waals surface area contributed by atoms with Gasteiger partial charge in [-0.05, 0) is 12.8 Å². The topological polar surface area (TPSA) is 72.8 Å². The van der Waals surface area contributed by atoms with Crippen molar-refractivity contribution in [2.45, 2.75) is 97.0 Å². The van der Waals surface area contributed by atoms with E-state index in [1.165, 1.54) is 25.7 Å². The SMILES string of the molecule is CCCCCCCC(=O)OCC(O)COC(=O)CCCCCCC. The van der Waals surface area contributed by atoms with Gasteiger partial charge in [0.25, 0.3) is 0 Å². The van der Waals surface area contributed by atoms with Crippen LogP contribution in [0.15, 0.2) is 0 Å². The molecule has 0 aromatic heterocycles. The molecule has 0 atom stereocenters. The highest BCUT2D eigenvalue weighted by molar-refractivity contribution is 5.69. The fourth-order valence-electron chi connectivity index (χ4n) is 2.32. The van der Waals surface area contributed by atoms with Crippen molar-refractivity contribution in [3.8, 4) is 0 Å². The Morgan fingerprint density at radius 1 is 0.708 bits per heavy atom. The maximum absolute atomic E-state index is 11.5. The van der Waals surface area contributed by atoms with E-state index in [4.69, 9.17) is 9.47 Å². The van der Waals surface area contributed by atoms with Gasteiger partial charge < -0.3 is 14.6 Å². The molecule has 0 aliphatic carbocycles. The van der Waals surface area contributed by atoms with Crippen LogP contribution in [0.4, 0.5) is 0 Å². The first kappa shape index (κ1) is 22.9. The van der Waals surface area contributed by atoms with E-state index in [0.29, 0.717) is 12.8 Å². The van der Waals surface area contributed by atoms with Crippen molar-refractivity contribution in [1.29, 1.82) is 0 Å².